The van der Waals surface area contributed by atoms with E-state index in [2.05, 4.69) is 10.4 Å². The van der Waals surface area contributed by atoms with E-state index in [1.807, 2.05) is 32.4 Å². The molecule has 1 aromatic heterocycles. The van der Waals surface area contributed by atoms with Gasteiger partial charge in [0, 0.05) is 0 Å². The number of esters is 1. The number of aromatic nitrogens is 2. The fourth-order valence-electron chi connectivity index (χ4n) is 2.56. The first kappa shape index (κ1) is 18.1. The van der Waals surface area contributed by atoms with Gasteiger partial charge in [-0.2, -0.15) is 5.10 Å². The van der Waals surface area contributed by atoms with Crippen LogP contribution in [-0.4, -0.2) is 51.5 Å². The molecule has 1 aromatic rings. The summed E-state index contributed by atoms with van der Waals surface area (Å²) in [6.45, 7) is 10.1. The lowest BCUT2D eigenvalue weighted by molar-refractivity contribution is -0.141. The van der Waals surface area contributed by atoms with Gasteiger partial charge in [-0.3, -0.25) is 9.58 Å². The number of carbonyl (C=O) groups is 2. The summed E-state index contributed by atoms with van der Waals surface area (Å²) in [5.74, 6) is -0.358. The highest BCUT2D eigenvalue weighted by Crippen LogP contribution is 2.26. The Morgan fingerprint density at radius 2 is 2.08 bits per heavy atom. The van der Waals surface area contributed by atoms with Gasteiger partial charge in [0.1, 0.15) is 11.6 Å². The lowest BCUT2D eigenvalue weighted by atomic mass is 10.2. The molecule has 0 saturated heterocycles. The van der Waals surface area contributed by atoms with Crippen molar-refractivity contribution in [1.82, 2.24) is 14.7 Å². The highest BCUT2D eigenvalue weighted by molar-refractivity contribution is 5.79. The van der Waals surface area contributed by atoms with E-state index in [0.717, 1.165) is 5.69 Å². The molecular formula is C16H26N4O4. The first-order valence-electron chi connectivity index (χ1n) is 8.01. The number of carbonyl (C=O) groups excluding carboxylic acids is 2. The molecule has 134 valence electrons. The second-order valence-corrected chi connectivity index (χ2v) is 7.03. The van der Waals surface area contributed by atoms with Crippen LogP contribution in [0.5, 0.6) is 0 Å². The average molecular weight is 338 g/mol. The lowest BCUT2D eigenvalue weighted by Gasteiger charge is -2.35. The van der Waals surface area contributed by atoms with Crippen LogP contribution in [0.2, 0.25) is 0 Å². The van der Waals surface area contributed by atoms with Crippen molar-refractivity contribution in [2.45, 2.75) is 65.4 Å². The predicted octanol–water partition coefficient (Wildman–Crippen LogP) is 2.00. The molecule has 1 aliphatic heterocycles. The van der Waals surface area contributed by atoms with Gasteiger partial charge in [-0.05, 0) is 34.6 Å². The minimum absolute atomic E-state index is 0.0295. The number of amides is 1. The quantitative estimate of drug-likeness (QED) is 0.849. The van der Waals surface area contributed by atoms with Crippen molar-refractivity contribution < 1.29 is 19.1 Å². The Labute approximate surface area is 142 Å². The van der Waals surface area contributed by atoms with Gasteiger partial charge in [0.05, 0.1) is 43.8 Å². The summed E-state index contributed by atoms with van der Waals surface area (Å²) in [6, 6.07) is -0.531. The minimum Gasteiger partial charge on any atom is -0.467 e. The highest BCUT2D eigenvalue weighted by Gasteiger charge is 2.32. The van der Waals surface area contributed by atoms with Gasteiger partial charge in [0.2, 0.25) is 0 Å². The van der Waals surface area contributed by atoms with E-state index in [9.17, 15) is 9.59 Å². The van der Waals surface area contributed by atoms with E-state index < -0.39 is 11.6 Å². The monoisotopic (exact) mass is 338 g/mol. The Kier molecular flexibility index (Phi) is 5.05. The van der Waals surface area contributed by atoms with Crippen molar-refractivity contribution in [1.29, 1.82) is 0 Å². The van der Waals surface area contributed by atoms with Crippen LogP contribution < -0.4 is 5.32 Å². The molecule has 1 aliphatic rings. The molecule has 0 saturated carbocycles. The van der Waals surface area contributed by atoms with Gasteiger partial charge >= 0.3 is 12.1 Å². The third kappa shape index (κ3) is 3.98. The molecule has 0 fully saturated rings. The molecule has 1 amide bonds. The number of hydrogen-bond donors (Lipinski definition) is 1. The van der Waals surface area contributed by atoms with Crippen molar-refractivity contribution in [3.05, 3.63) is 11.9 Å². The van der Waals surface area contributed by atoms with Gasteiger partial charge in [-0.25, -0.2) is 9.59 Å². The van der Waals surface area contributed by atoms with Crippen LogP contribution in [0.4, 0.5) is 10.5 Å². The van der Waals surface area contributed by atoms with E-state index in [4.69, 9.17) is 9.47 Å². The Balaban J connectivity index is 2.16. The van der Waals surface area contributed by atoms with Crippen LogP contribution in [0.15, 0.2) is 6.20 Å². The maximum absolute atomic E-state index is 12.4. The van der Waals surface area contributed by atoms with E-state index in [0.29, 0.717) is 18.8 Å². The molecule has 24 heavy (non-hydrogen) atoms. The summed E-state index contributed by atoms with van der Waals surface area (Å²) in [4.78, 5) is 25.7. The number of nitrogens with zero attached hydrogens (tertiary/aromatic N) is 3. The standard InChI is InChI=1S/C16H26N4O4/c1-10-8-20-13(9-19(10)15(22)24-16(3,4)5)12(7-17-20)18-11(2)14(21)23-6/h7,10-11,18H,8-9H2,1-6H3/t10-,11?/m0/s1. The van der Waals surface area contributed by atoms with Crippen molar-refractivity contribution in [3.63, 3.8) is 0 Å². The molecule has 1 unspecified atom stereocenters. The largest absolute Gasteiger partial charge is 0.467 e. The Morgan fingerprint density at radius 3 is 2.67 bits per heavy atom. The topological polar surface area (TPSA) is 85.7 Å². The first-order valence-corrected chi connectivity index (χ1v) is 8.01. The molecule has 0 radical (unpaired) electrons. The van der Waals surface area contributed by atoms with Crippen molar-refractivity contribution >= 4 is 17.7 Å². The van der Waals surface area contributed by atoms with Crippen molar-refractivity contribution in [3.8, 4) is 0 Å². The Bertz CT molecular complexity index is 620. The van der Waals surface area contributed by atoms with Gasteiger partial charge in [0.15, 0.2) is 0 Å². The molecular weight excluding hydrogens is 312 g/mol. The van der Waals surface area contributed by atoms with Crippen LogP contribution >= 0.6 is 0 Å². The van der Waals surface area contributed by atoms with Gasteiger partial charge in [-0.15, -0.1) is 0 Å². The Hall–Kier alpha value is -2.25. The number of hydrogen-bond acceptors (Lipinski definition) is 6. The third-order valence-corrected chi connectivity index (χ3v) is 3.79. The Morgan fingerprint density at radius 1 is 1.42 bits per heavy atom. The summed E-state index contributed by atoms with van der Waals surface area (Å²) >= 11 is 0. The normalized spacial score (nSPS) is 18.6. The predicted molar refractivity (Wildman–Crippen MR) is 88.6 cm³/mol. The van der Waals surface area contributed by atoms with Crippen LogP contribution in [-0.2, 0) is 27.4 Å². The lowest BCUT2D eigenvalue weighted by Crippen LogP contribution is -2.47. The molecule has 2 heterocycles. The molecule has 8 nitrogen and oxygen atoms in total. The van der Waals surface area contributed by atoms with Gasteiger partial charge in [0.25, 0.3) is 0 Å². The fraction of sp³-hybridized carbons (Fsp3) is 0.688. The van der Waals surface area contributed by atoms with Crippen molar-refractivity contribution in [2.24, 2.45) is 0 Å². The van der Waals surface area contributed by atoms with E-state index in [-0.39, 0.29) is 18.1 Å². The first-order chi connectivity index (χ1) is 11.1. The fourth-order valence-corrected chi connectivity index (χ4v) is 2.56. The summed E-state index contributed by atoms with van der Waals surface area (Å²) < 4.78 is 12.0. The number of fused-ring (bicyclic) bond motifs is 1. The summed E-state index contributed by atoms with van der Waals surface area (Å²) in [5.41, 5.74) is 1.01. The molecule has 8 heteroatoms. The molecule has 0 bridgehead atoms. The van der Waals surface area contributed by atoms with Gasteiger partial charge < -0.3 is 14.8 Å². The number of anilines is 1. The highest BCUT2D eigenvalue weighted by atomic mass is 16.6. The third-order valence-electron chi connectivity index (χ3n) is 3.79. The molecule has 2 atom stereocenters. The molecule has 0 spiro atoms. The molecule has 1 N–H and O–H groups in total. The van der Waals surface area contributed by atoms with Crippen LogP contribution in [0.25, 0.3) is 0 Å². The molecule has 0 aliphatic carbocycles. The SMILES string of the molecule is COC(=O)C(C)Nc1cnn2c1CN(C(=O)OC(C)(C)C)[C@@H](C)C2. The van der Waals surface area contributed by atoms with Crippen LogP contribution in [0.1, 0.15) is 40.3 Å². The van der Waals surface area contributed by atoms with Crippen molar-refractivity contribution in [2.75, 3.05) is 12.4 Å². The summed E-state index contributed by atoms with van der Waals surface area (Å²) in [7, 11) is 1.35. The summed E-state index contributed by atoms with van der Waals surface area (Å²) in [6.07, 6.45) is 1.31. The summed E-state index contributed by atoms with van der Waals surface area (Å²) in [5, 5.41) is 7.42. The number of nitrogens with one attached hydrogen (secondary N) is 1. The van der Waals surface area contributed by atoms with E-state index >= 15 is 0 Å². The second-order valence-electron chi connectivity index (χ2n) is 7.03. The maximum atomic E-state index is 12.4. The minimum atomic E-state index is -0.547. The zero-order valence-electron chi connectivity index (χ0n) is 15.1. The molecule has 2 rings (SSSR count). The smallest absolute Gasteiger partial charge is 0.410 e. The average Bonchev–Trinajstić information content (AvgIpc) is 2.85. The number of ether oxygens (including phenoxy) is 2. The van der Waals surface area contributed by atoms with E-state index in [1.165, 1.54) is 7.11 Å². The zero-order valence-corrected chi connectivity index (χ0v) is 15.1. The van der Waals surface area contributed by atoms with Crippen LogP contribution in [0.3, 0.4) is 0 Å². The number of methoxy groups -OCH3 is 1. The number of rotatable bonds is 3. The zero-order chi connectivity index (χ0) is 18.1. The second kappa shape index (κ2) is 6.70. The maximum Gasteiger partial charge on any atom is 0.410 e. The van der Waals surface area contributed by atoms with Gasteiger partial charge in [-0.1, -0.05) is 0 Å². The molecule has 0 aromatic carbocycles. The van der Waals surface area contributed by atoms with E-state index in [1.54, 1.807) is 18.0 Å². The van der Waals surface area contributed by atoms with Crippen LogP contribution in [0, 0.1) is 0 Å².